The number of nitrogens with zero attached hydrogens (tertiary/aromatic N) is 3. The average Bonchev–Trinajstić information content (AvgIpc) is 2.95. The highest BCUT2D eigenvalue weighted by molar-refractivity contribution is 14.1. The van der Waals surface area contributed by atoms with Gasteiger partial charge in [0.2, 0.25) is 0 Å². The SMILES string of the molecule is CCOc1cc(C=Nn2c(-c3cc(C(C)C)c(OC)cc3C)nc3ccccc3c2=O)cc(I)c1OCC(=O)OC(C)C. The number of aryl methyl sites for hydroxylation is 1. The molecular formula is C33H36IN3O6. The standard InChI is InChI=1S/C33H36IN3O6/c1-8-41-29-15-22(14-26(34)31(29)42-18-30(38)43-20(4)5)17-35-37-32(36-27-12-10-9-11-23(27)33(37)39)25-16-24(19(2)3)28(40-7)13-21(25)6/h9-17,19-20H,8,18H2,1-7H3. The topological polar surface area (TPSA) is 101 Å². The lowest BCUT2D eigenvalue weighted by Gasteiger charge is -2.17. The molecule has 0 aliphatic carbocycles. The van der Waals surface area contributed by atoms with Crippen LogP contribution in [-0.2, 0) is 9.53 Å². The number of hydrogen-bond donors (Lipinski definition) is 0. The lowest BCUT2D eigenvalue weighted by molar-refractivity contribution is -0.149. The minimum atomic E-state index is -0.468. The average molecular weight is 698 g/mol. The van der Waals surface area contributed by atoms with E-state index in [0.717, 1.165) is 22.4 Å². The van der Waals surface area contributed by atoms with Gasteiger partial charge in [-0.05, 0) is 109 Å². The van der Waals surface area contributed by atoms with Crippen LogP contribution in [0.5, 0.6) is 17.2 Å². The first kappa shape index (κ1) is 32.0. The van der Waals surface area contributed by atoms with Crippen LogP contribution in [0.25, 0.3) is 22.3 Å². The summed E-state index contributed by atoms with van der Waals surface area (Å²) in [6.07, 6.45) is 1.35. The summed E-state index contributed by atoms with van der Waals surface area (Å²) < 4.78 is 24.5. The van der Waals surface area contributed by atoms with Crippen LogP contribution >= 0.6 is 22.6 Å². The molecule has 0 fully saturated rings. The molecule has 0 aliphatic rings. The molecule has 0 N–H and O–H groups in total. The zero-order valence-corrected chi connectivity index (χ0v) is 27.6. The number of methoxy groups -OCH3 is 1. The molecule has 4 rings (SSSR count). The number of carbonyl (C=O) groups is 1. The molecule has 226 valence electrons. The van der Waals surface area contributed by atoms with Gasteiger partial charge in [0.1, 0.15) is 5.75 Å². The minimum absolute atomic E-state index is 0.186. The Hall–Kier alpha value is -3.93. The number of rotatable bonds is 11. The van der Waals surface area contributed by atoms with Gasteiger partial charge in [-0.15, -0.1) is 0 Å². The highest BCUT2D eigenvalue weighted by atomic mass is 127. The minimum Gasteiger partial charge on any atom is -0.496 e. The van der Waals surface area contributed by atoms with Crippen molar-refractivity contribution in [3.63, 3.8) is 0 Å². The van der Waals surface area contributed by atoms with Gasteiger partial charge in [0.25, 0.3) is 5.56 Å². The molecule has 0 bridgehead atoms. The van der Waals surface area contributed by atoms with Gasteiger partial charge >= 0.3 is 5.97 Å². The number of halogens is 1. The Morgan fingerprint density at radius 3 is 2.49 bits per heavy atom. The van der Waals surface area contributed by atoms with Gasteiger partial charge in [0, 0.05) is 5.56 Å². The van der Waals surface area contributed by atoms with Crippen molar-refractivity contribution in [2.45, 2.75) is 53.6 Å². The molecule has 1 aromatic heterocycles. The Labute approximate surface area is 265 Å². The Balaban J connectivity index is 1.83. The van der Waals surface area contributed by atoms with Crippen molar-refractivity contribution < 1.29 is 23.7 Å². The fourth-order valence-electron chi connectivity index (χ4n) is 4.59. The summed E-state index contributed by atoms with van der Waals surface area (Å²) in [5.41, 5.74) is 3.65. The van der Waals surface area contributed by atoms with Crippen molar-refractivity contribution in [3.8, 4) is 28.6 Å². The molecule has 0 radical (unpaired) electrons. The molecule has 43 heavy (non-hydrogen) atoms. The van der Waals surface area contributed by atoms with Crippen molar-refractivity contribution >= 4 is 45.7 Å². The zero-order valence-electron chi connectivity index (χ0n) is 25.4. The number of fused-ring (bicyclic) bond motifs is 1. The molecule has 9 nitrogen and oxygen atoms in total. The van der Waals surface area contributed by atoms with Crippen LogP contribution < -0.4 is 19.8 Å². The van der Waals surface area contributed by atoms with Gasteiger partial charge in [-0.2, -0.15) is 9.78 Å². The van der Waals surface area contributed by atoms with E-state index in [9.17, 15) is 9.59 Å². The fraction of sp³-hybridized carbons (Fsp3) is 0.333. The van der Waals surface area contributed by atoms with E-state index in [4.69, 9.17) is 23.9 Å². The Morgan fingerprint density at radius 2 is 1.81 bits per heavy atom. The fourth-order valence-corrected chi connectivity index (χ4v) is 5.37. The molecule has 1 heterocycles. The van der Waals surface area contributed by atoms with Crippen LogP contribution in [0, 0.1) is 10.5 Å². The predicted octanol–water partition coefficient (Wildman–Crippen LogP) is 6.72. The molecule has 0 saturated heterocycles. The highest BCUT2D eigenvalue weighted by Gasteiger charge is 2.19. The molecule has 10 heteroatoms. The largest absolute Gasteiger partial charge is 0.496 e. The summed E-state index contributed by atoms with van der Waals surface area (Å²) in [4.78, 5) is 30.8. The summed E-state index contributed by atoms with van der Waals surface area (Å²) in [6, 6.07) is 14.8. The zero-order chi connectivity index (χ0) is 31.3. The molecule has 0 amide bonds. The third-order valence-electron chi connectivity index (χ3n) is 6.55. The maximum Gasteiger partial charge on any atom is 0.344 e. The Kier molecular flexibility index (Phi) is 10.4. The van der Waals surface area contributed by atoms with E-state index in [0.29, 0.717) is 44.0 Å². The van der Waals surface area contributed by atoms with Crippen molar-refractivity contribution in [2.75, 3.05) is 20.3 Å². The van der Waals surface area contributed by atoms with Crippen LogP contribution in [0.1, 0.15) is 57.2 Å². The first-order valence-electron chi connectivity index (χ1n) is 14.1. The van der Waals surface area contributed by atoms with Gasteiger partial charge in [-0.25, -0.2) is 9.78 Å². The Morgan fingerprint density at radius 1 is 1.07 bits per heavy atom. The van der Waals surface area contributed by atoms with E-state index in [1.807, 2.05) is 44.2 Å². The second-order valence-electron chi connectivity index (χ2n) is 10.5. The molecule has 0 spiro atoms. The van der Waals surface area contributed by atoms with E-state index >= 15 is 0 Å². The monoisotopic (exact) mass is 697 g/mol. The second-order valence-corrected chi connectivity index (χ2v) is 11.6. The van der Waals surface area contributed by atoms with Gasteiger partial charge in [0.15, 0.2) is 23.9 Å². The number of carbonyl (C=O) groups excluding carboxylic acids is 1. The highest BCUT2D eigenvalue weighted by Crippen LogP contribution is 2.35. The molecular weight excluding hydrogens is 661 g/mol. The summed E-state index contributed by atoms with van der Waals surface area (Å²) in [5.74, 6) is 1.80. The predicted molar refractivity (Wildman–Crippen MR) is 177 cm³/mol. The molecule has 0 aliphatic heterocycles. The lowest BCUT2D eigenvalue weighted by atomic mass is 9.96. The number of hydrogen-bond acceptors (Lipinski definition) is 8. The van der Waals surface area contributed by atoms with Crippen molar-refractivity contribution in [1.29, 1.82) is 0 Å². The smallest absolute Gasteiger partial charge is 0.344 e. The van der Waals surface area contributed by atoms with Crippen molar-refractivity contribution in [1.82, 2.24) is 9.66 Å². The number of esters is 1. The van der Waals surface area contributed by atoms with Gasteiger partial charge in [0.05, 0.1) is 40.5 Å². The normalized spacial score (nSPS) is 11.5. The molecule has 0 unspecified atom stereocenters. The number of benzene rings is 3. The summed E-state index contributed by atoms with van der Waals surface area (Å²) in [7, 11) is 1.65. The van der Waals surface area contributed by atoms with E-state index in [1.165, 1.54) is 4.68 Å². The summed E-state index contributed by atoms with van der Waals surface area (Å²) in [5, 5.41) is 5.11. The lowest BCUT2D eigenvalue weighted by Crippen LogP contribution is -2.21. The van der Waals surface area contributed by atoms with Crippen molar-refractivity contribution in [2.24, 2.45) is 5.10 Å². The first-order valence-corrected chi connectivity index (χ1v) is 15.2. The molecule has 3 aromatic carbocycles. The van der Waals surface area contributed by atoms with Gasteiger partial charge in [-0.1, -0.05) is 26.0 Å². The summed E-state index contributed by atoms with van der Waals surface area (Å²) in [6.45, 7) is 11.7. The summed E-state index contributed by atoms with van der Waals surface area (Å²) >= 11 is 2.12. The van der Waals surface area contributed by atoms with E-state index in [2.05, 4.69) is 41.5 Å². The number of aromatic nitrogens is 2. The number of para-hydroxylation sites is 1. The van der Waals surface area contributed by atoms with Crippen LogP contribution in [0.15, 0.2) is 58.4 Å². The Bertz CT molecular complexity index is 1730. The third kappa shape index (κ3) is 7.35. The molecule has 0 saturated carbocycles. The van der Waals surface area contributed by atoms with E-state index in [-0.39, 0.29) is 24.2 Å². The van der Waals surface area contributed by atoms with Crippen LogP contribution in [0.3, 0.4) is 0 Å². The van der Waals surface area contributed by atoms with Crippen LogP contribution in [0.4, 0.5) is 0 Å². The van der Waals surface area contributed by atoms with Crippen LogP contribution in [-0.4, -0.2) is 48.3 Å². The number of ether oxygens (including phenoxy) is 4. The van der Waals surface area contributed by atoms with E-state index < -0.39 is 5.97 Å². The maximum atomic E-state index is 13.8. The molecule has 4 aromatic rings. The quantitative estimate of drug-likeness (QED) is 0.0975. The van der Waals surface area contributed by atoms with Crippen molar-refractivity contribution in [3.05, 3.63) is 79.1 Å². The van der Waals surface area contributed by atoms with Gasteiger partial charge in [-0.3, -0.25) is 4.79 Å². The maximum absolute atomic E-state index is 13.8. The third-order valence-corrected chi connectivity index (χ3v) is 7.35. The van der Waals surface area contributed by atoms with E-state index in [1.54, 1.807) is 45.4 Å². The van der Waals surface area contributed by atoms with Crippen LogP contribution in [0.2, 0.25) is 0 Å². The second kappa shape index (κ2) is 14.0. The molecule has 0 atom stereocenters. The first-order chi connectivity index (χ1) is 20.5. The van der Waals surface area contributed by atoms with Gasteiger partial charge < -0.3 is 18.9 Å².